The van der Waals surface area contributed by atoms with Gasteiger partial charge in [0.25, 0.3) is 0 Å². The molecule has 0 radical (unpaired) electrons. The van der Waals surface area contributed by atoms with Gasteiger partial charge in [-0.25, -0.2) is 0 Å². The summed E-state index contributed by atoms with van der Waals surface area (Å²) < 4.78 is 0.934. The molecule has 5 heteroatoms. The molecule has 0 spiro atoms. The second-order valence-corrected chi connectivity index (χ2v) is 6.58. The van der Waals surface area contributed by atoms with Crippen LogP contribution in [-0.4, -0.2) is 41.7 Å². The van der Waals surface area contributed by atoms with Gasteiger partial charge >= 0.3 is 0 Å². The van der Waals surface area contributed by atoms with Gasteiger partial charge in [-0.05, 0) is 38.1 Å². The smallest absolute Gasteiger partial charge is 0.238 e. The zero-order valence-corrected chi connectivity index (χ0v) is 13.3. The second kappa shape index (κ2) is 6.70. The van der Waals surface area contributed by atoms with Crippen molar-refractivity contribution in [3.05, 3.63) is 28.7 Å². The number of halogens is 1. The van der Waals surface area contributed by atoms with Gasteiger partial charge in [0.1, 0.15) is 0 Å². The summed E-state index contributed by atoms with van der Waals surface area (Å²) in [6, 6.07) is 7.51. The van der Waals surface area contributed by atoms with Crippen molar-refractivity contribution in [2.24, 2.45) is 0 Å². The molecule has 0 aliphatic heterocycles. The highest BCUT2D eigenvalue weighted by atomic mass is 79.9. The van der Waals surface area contributed by atoms with Crippen LogP contribution in [0.15, 0.2) is 28.7 Å². The largest absolute Gasteiger partial charge is 0.389 e. The van der Waals surface area contributed by atoms with Crippen molar-refractivity contribution in [1.29, 1.82) is 0 Å². The number of anilines is 1. The first-order valence-corrected chi connectivity index (χ1v) is 7.72. The van der Waals surface area contributed by atoms with Crippen LogP contribution in [0.25, 0.3) is 0 Å². The van der Waals surface area contributed by atoms with E-state index in [0.717, 1.165) is 35.8 Å². The van der Waals surface area contributed by atoms with Gasteiger partial charge in [-0.2, -0.15) is 0 Å². The van der Waals surface area contributed by atoms with E-state index in [1.807, 2.05) is 36.2 Å². The van der Waals surface area contributed by atoms with E-state index >= 15 is 0 Å². The average molecular weight is 341 g/mol. The first-order chi connectivity index (χ1) is 9.47. The lowest BCUT2D eigenvalue weighted by Gasteiger charge is -2.28. The number of nitrogens with one attached hydrogen (secondary N) is 1. The Morgan fingerprint density at radius 1 is 1.45 bits per heavy atom. The molecule has 0 saturated heterocycles. The number of nitrogens with zero attached hydrogens (tertiary/aromatic N) is 1. The highest BCUT2D eigenvalue weighted by Gasteiger charge is 2.32. The van der Waals surface area contributed by atoms with Gasteiger partial charge in [-0.15, -0.1) is 0 Å². The molecule has 1 aromatic carbocycles. The van der Waals surface area contributed by atoms with Gasteiger partial charge in [0, 0.05) is 16.7 Å². The molecule has 2 rings (SSSR count). The van der Waals surface area contributed by atoms with Gasteiger partial charge in [-0.1, -0.05) is 34.8 Å². The molecule has 0 aromatic heterocycles. The van der Waals surface area contributed by atoms with E-state index in [-0.39, 0.29) is 12.5 Å². The third kappa shape index (κ3) is 4.58. The fourth-order valence-corrected chi connectivity index (χ4v) is 3.16. The second-order valence-electron chi connectivity index (χ2n) is 5.66. The van der Waals surface area contributed by atoms with Crippen LogP contribution in [0.1, 0.15) is 25.7 Å². The lowest BCUT2D eigenvalue weighted by atomic mass is 10.0. The molecule has 1 aliphatic rings. The number of rotatable bonds is 5. The lowest BCUT2D eigenvalue weighted by Crippen LogP contribution is -2.42. The Morgan fingerprint density at radius 2 is 2.15 bits per heavy atom. The van der Waals surface area contributed by atoms with E-state index < -0.39 is 5.60 Å². The summed E-state index contributed by atoms with van der Waals surface area (Å²) in [5.74, 6) is -0.0628. The molecule has 1 saturated carbocycles. The van der Waals surface area contributed by atoms with E-state index in [0.29, 0.717) is 6.54 Å². The summed E-state index contributed by atoms with van der Waals surface area (Å²) >= 11 is 3.37. The molecule has 2 N–H and O–H groups in total. The van der Waals surface area contributed by atoms with Crippen molar-refractivity contribution in [2.45, 2.75) is 31.3 Å². The number of hydrogen-bond acceptors (Lipinski definition) is 3. The van der Waals surface area contributed by atoms with Gasteiger partial charge in [0.15, 0.2) is 0 Å². The predicted octanol–water partition coefficient (Wildman–Crippen LogP) is 2.62. The quantitative estimate of drug-likeness (QED) is 0.866. The molecule has 0 atom stereocenters. The fraction of sp³-hybridized carbons (Fsp3) is 0.533. The van der Waals surface area contributed by atoms with Crippen molar-refractivity contribution in [3.8, 4) is 0 Å². The minimum Gasteiger partial charge on any atom is -0.389 e. The van der Waals surface area contributed by atoms with Crippen molar-refractivity contribution in [3.63, 3.8) is 0 Å². The number of benzene rings is 1. The average Bonchev–Trinajstić information content (AvgIpc) is 2.74. The molecule has 1 amide bonds. The Labute approximate surface area is 128 Å². The number of hydrogen-bond donors (Lipinski definition) is 2. The molecule has 110 valence electrons. The third-order valence-corrected chi connectivity index (χ3v) is 4.11. The molecule has 0 bridgehead atoms. The maximum atomic E-state index is 12.0. The lowest BCUT2D eigenvalue weighted by molar-refractivity contribution is -0.117. The number of aliphatic hydroxyl groups is 1. The fourth-order valence-electron chi connectivity index (χ4n) is 2.76. The van der Waals surface area contributed by atoms with Crippen LogP contribution in [0, 0.1) is 0 Å². The van der Waals surface area contributed by atoms with E-state index in [1.165, 1.54) is 0 Å². The van der Waals surface area contributed by atoms with E-state index in [4.69, 9.17) is 0 Å². The number of likely N-dealkylation sites (N-methyl/N-ethyl adjacent to an activating group) is 1. The van der Waals surface area contributed by atoms with Crippen LogP contribution >= 0.6 is 15.9 Å². The Balaban J connectivity index is 1.82. The van der Waals surface area contributed by atoms with Crippen molar-refractivity contribution in [2.75, 3.05) is 25.5 Å². The summed E-state index contributed by atoms with van der Waals surface area (Å²) in [4.78, 5) is 13.9. The molecule has 1 fully saturated rings. The minimum absolute atomic E-state index is 0.0628. The standard InChI is InChI=1S/C15H21BrN2O2/c1-18(11-15(20)7-2-3-8-15)10-14(19)17-13-6-4-5-12(16)9-13/h4-6,9,20H,2-3,7-8,10-11H2,1H3,(H,17,19). The van der Waals surface area contributed by atoms with E-state index in [2.05, 4.69) is 21.2 Å². The number of amides is 1. The van der Waals surface area contributed by atoms with Gasteiger partial charge in [0.2, 0.25) is 5.91 Å². The third-order valence-electron chi connectivity index (χ3n) is 3.62. The molecule has 0 heterocycles. The first kappa shape index (κ1) is 15.5. The van der Waals surface area contributed by atoms with Crippen LogP contribution in [0.3, 0.4) is 0 Å². The first-order valence-electron chi connectivity index (χ1n) is 6.93. The SMILES string of the molecule is CN(CC(=O)Nc1cccc(Br)c1)CC1(O)CCCC1. The highest BCUT2D eigenvalue weighted by Crippen LogP contribution is 2.29. The van der Waals surface area contributed by atoms with E-state index in [9.17, 15) is 9.90 Å². The van der Waals surface area contributed by atoms with Crippen LogP contribution in [0.5, 0.6) is 0 Å². The topological polar surface area (TPSA) is 52.6 Å². The zero-order valence-electron chi connectivity index (χ0n) is 11.7. The van der Waals surface area contributed by atoms with E-state index in [1.54, 1.807) is 0 Å². The maximum Gasteiger partial charge on any atom is 0.238 e. The van der Waals surface area contributed by atoms with Gasteiger partial charge in [0.05, 0.1) is 12.1 Å². The summed E-state index contributed by atoms with van der Waals surface area (Å²) in [7, 11) is 1.87. The van der Waals surface area contributed by atoms with Gasteiger partial charge in [-0.3, -0.25) is 9.69 Å². The highest BCUT2D eigenvalue weighted by molar-refractivity contribution is 9.10. The van der Waals surface area contributed by atoms with Gasteiger partial charge < -0.3 is 10.4 Å². The number of carbonyl (C=O) groups excluding carboxylic acids is 1. The van der Waals surface area contributed by atoms with Crippen LogP contribution in [0.2, 0.25) is 0 Å². The predicted molar refractivity (Wildman–Crippen MR) is 83.7 cm³/mol. The molecule has 1 aromatic rings. The Hall–Kier alpha value is -0.910. The molecule has 1 aliphatic carbocycles. The number of carbonyl (C=O) groups is 1. The maximum absolute atomic E-state index is 12.0. The van der Waals surface area contributed by atoms with Crippen molar-refractivity contribution < 1.29 is 9.90 Å². The molecule has 20 heavy (non-hydrogen) atoms. The monoisotopic (exact) mass is 340 g/mol. The normalized spacial score (nSPS) is 17.4. The van der Waals surface area contributed by atoms with Crippen molar-refractivity contribution >= 4 is 27.5 Å². The molecule has 0 unspecified atom stereocenters. The Kier molecular flexibility index (Phi) is 5.18. The summed E-state index contributed by atoms with van der Waals surface area (Å²) in [5.41, 5.74) is 0.169. The molecule has 4 nitrogen and oxygen atoms in total. The van der Waals surface area contributed by atoms with Crippen LogP contribution in [0.4, 0.5) is 5.69 Å². The summed E-state index contributed by atoms with van der Waals surface area (Å²) in [5, 5.41) is 13.2. The Morgan fingerprint density at radius 3 is 2.80 bits per heavy atom. The van der Waals surface area contributed by atoms with Crippen molar-refractivity contribution in [1.82, 2.24) is 4.90 Å². The molecular weight excluding hydrogens is 320 g/mol. The summed E-state index contributed by atoms with van der Waals surface area (Å²) in [6.07, 6.45) is 3.83. The molecular formula is C15H21BrN2O2. The van der Waals surface area contributed by atoms with Crippen LogP contribution in [-0.2, 0) is 4.79 Å². The summed E-state index contributed by atoms with van der Waals surface area (Å²) in [6.45, 7) is 0.841. The minimum atomic E-state index is -0.606. The Bertz CT molecular complexity index is 473. The zero-order chi connectivity index (χ0) is 14.6. The van der Waals surface area contributed by atoms with Crippen LogP contribution < -0.4 is 5.32 Å².